The Morgan fingerprint density at radius 1 is 0.551 bits per heavy atom. The summed E-state index contributed by atoms with van der Waals surface area (Å²) in [6.07, 6.45) is -1.97. The maximum absolute atomic E-state index is 15.3. The molecular formula is C59H90N8O11. The number of hydrogen-bond donors (Lipinski definition) is 4. The van der Waals surface area contributed by atoms with Gasteiger partial charge in [-0.1, -0.05) is 150 Å². The van der Waals surface area contributed by atoms with E-state index in [2.05, 4.69) is 16.0 Å². The number of rotatable bonds is 12. The molecule has 2 heterocycles. The number of benzene rings is 2. The van der Waals surface area contributed by atoms with Gasteiger partial charge in [-0.3, -0.25) is 38.4 Å². The van der Waals surface area contributed by atoms with Gasteiger partial charge in [0.05, 0.1) is 0 Å². The molecule has 2 aromatic rings. The van der Waals surface area contributed by atoms with Gasteiger partial charge >= 0.3 is 5.97 Å². The molecule has 19 nitrogen and oxygen atoms in total. The molecule has 2 aliphatic heterocycles. The summed E-state index contributed by atoms with van der Waals surface area (Å²) in [4.78, 5) is 140. The standard InChI is InChI=1S/C59H90N8O11/c1-17-38(12)44-56(74)63(13)45(34(4)5)52(70)60-41(31-33(2)3)54(72)65(15)47(36(8)9)59(77)78-50(37(10)11)58(76)64(14)46(35(6)7)53(71)61-42(32-39-25-20-18-21-26-39)55(73)66(16)48(49(68)40-27-22-19-23-28-40)57(75)67-30-24-29-43(67)51(69)62-44/h18-23,25-28,33-38,41-50,68H,17,24,29-32H2,1-16H3,(H,60,70)(H,61,71)(H,62,69)/t38-,41-,42+,43+,44+,45+,46-,47-,48+,49?,50+/m1/s1. The lowest BCUT2D eigenvalue weighted by atomic mass is 9.94. The van der Waals surface area contributed by atoms with E-state index in [1.54, 1.807) is 123 Å². The number of aliphatic hydroxyl groups is 1. The van der Waals surface area contributed by atoms with Crippen LogP contribution in [0.5, 0.6) is 0 Å². The van der Waals surface area contributed by atoms with Crippen LogP contribution in [0, 0.1) is 35.5 Å². The van der Waals surface area contributed by atoms with Gasteiger partial charge in [0.15, 0.2) is 6.10 Å². The summed E-state index contributed by atoms with van der Waals surface area (Å²) in [6.45, 7) is 21.3. The van der Waals surface area contributed by atoms with Crippen LogP contribution in [0.15, 0.2) is 60.7 Å². The van der Waals surface area contributed by atoms with Crippen LogP contribution < -0.4 is 16.0 Å². The minimum atomic E-state index is -1.64. The molecule has 2 aromatic carbocycles. The SMILES string of the molecule is CC[C@@H](C)[C@@H]1NC(=O)[C@@H]2CCCN2C(=O)[C@H](C(O)c2ccccc2)N(C)C(=O)[C@H](Cc2ccccc2)NC(=O)[C@@H](C(C)C)N(C)C(=O)[C@H](C(C)C)OC(=O)[C@@H](C(C)C)N(C)C(=O)[C@@H](CC(C)C)NC(=O)[C@H](C(C)C)N(C)C1=O. The number of cyclic esters (lactones) is 1. The smallest absolute Gasteiger partial charge is 0.329 e. The number of likely N-dealkylation sites (N-methyl/N-ethyl adjacent to an activating group) is 4. The second kappa shape index (κ2) is 28.5. The maximum Gasteiger partial charge on any atom is 0.329 e. The monoisotopic (exact) mass is 1090 g/mol. The molecule has 0 aromatic heterocycles. The average molecular weight is 1090 g/mol. The van der Waals surface area contributed by atoms with Crippen molar-refractivity contribution in [3.63, 3.8) is 0 Å². The van der Waals surface area contributed by atoms with Crippen molar-refractivity contribution in [1.82, 2.24) is 40.4 Å². The third-order valence-electron chi connectivity index (χ3n) is 15.4. The van der Waals surface area contributed by atoms with Gasteiger partial charge in [-0.25, -0.2) is 4.79 Å². The summed E-state index contributed by atoms with van der Waals surface area (Å²) in [5.74, 6) is -9.15. The number of esters is 1. The lowest BCUT2D eigenvalue weighted by Crippen LogP contribution is -2.62. The summed E-state index contributed by atoms with van der Waals surface area (Å²) in [6, 6.07) is 7.09. The van der Waals surface area contributed by atoms with Gasteiger partial charge in [0.25, 0.3) is 5.91 Å². The number of carbonyl (C=O) groups is 9. The number of amides is 8. The quantitative estimate of drug-likeness (QED) is 0.218. The van der Waals surface area contributed by atoms with Gasteiger partial charge in [-0.2, -0.15) is 0 Å². The third kappa shape index (κ3) is 15.5. The lowest BCUT2D eigenvalue weighted by molar-refractivity contribution is -0.171. The van der Waals surface area contributed by atoms with Gasteiger partial charge in [0.1, 0.15) is 54.4 Å². The Hall–Kier alpha value is -6.37. The number of hydrogen-bond acceptors (Lipinski definition) is 11. The van der Waals surface area contributed by atoms with E-state index in [9.17, 15) is 38.7 Å². The van der Waals surface area contributed by atoms with E-state index < -0.39 is 143 Å². The van der Waals surface area contributed by atoms with Gasteiger partial charge < -0.3 is 50.3 Å². The fourth-order valence-electron chi connectivity index (χ4n) is 10.9. The van der Waals surface area contributed by atoms with E-state index in [1.807, 2.05) is 20.8 Å². The number of nitrogens with one attached hydrogen (secondary N) is 3. The number of ether oxygens (including phenoxy) is 1. The van der Waals surface area contributed by atoms with E-state index >= 15 is 9.59 Å². The predicted molar refractivity (Wildman–Crippen MR) is 296 cm³/mol. The molecule has 8 amide bonds. The van der Waals surface area contributed by atoms with Crippen molar-refractivity contribution < 1.29 is 53.0 Å². The van der Waals surface area contributed by atoms with E-state index in [0.29, 0.717) is 24.0 Å². The van der Waals surface area contributed by atoms with Crippen molar-refractivity contribution >= 4 is 53.2 Å². The van der Waals surface area contributed by atoms with Crippen molar-refractivity contribution in [2.24, 2.45) is 35.5 Å². The molecule has 2 aliphatic rings. The van der Waals surface area contributed by atoms with Crippen LogP contribution in [0.4, 0.5) is 0 Å². The molecule has 432 valence electrons. The first-order valence-corrected chi connectivity index (χ1v) is 27.8. The maximum atomic E-state index is 15.3. The summed E-state index contributed by atoms with van der Waals surface area (Å²) in [5.41, 5.74) is 0.949. The van der Waals surface area contributed by atoms with Gasteiger partial charge in [-0.15, -0.1) is 0 Å². The Morgan fingerprint density at radius 3 is 1.53 bits per heavy atom. The zero-order valence-corrected chi connectivity index (χ0v) is 49.0. The molecule has 0 bridgehead atoms. The van der Waals surface area contributed by atoms with Gasteiger partial charge in [0.2, 0.25) is 41.4 Å². The summed E-state index contributed by atoms with van der Waals surface area (Å²) >= 11 is 0. The number of nitrogens with zero attached hydrogens (tertiary/aromatic N) is 5. The summed E-state index contributed by atoms with van der Waals surface area (Å²) in [5, 5.41) is 21.0. The molecular weight excluding hydrogens is 997 g/mol. The van der Waals surface area contributed by atoms with Crippen LogP contribution in [-0.2, 0) is 54.3 Å². The van der Waals surface area contributed by atoms with Gasteiger partial charge in [-0.05, 0) is 65.9 Å². The highest BCUT2D eigenvalue weighted by molar-refractivity contribution is 5.99. The molecule has 0 radical (unpaired) electrons. The second-order valence-corrected chi connectivity index (χ2v) is 23.3. The molecule has 4 N–H and O–H groups in total. The largest absolute Gasteiger partial charge is 0.450 e. The number of fused-ring (bicyclic) bond motifs is 1. The molecule has 78 heavy (non-hydrogen) atoms. The second-order valence-electron chi connectivity index (χ2n) is 23.3. The zero-order chi connectivity index (χ0) is 58.6. The minimum Gasteiger partial charge on any atom is -0.450 e. The first kappa shape index (κ1) is 64.2. The highest BCUT2D eigenvalue weighted by Gasteiger charge is 2.47. The number of carbonyl (C=O) groups excluding carboxylic acids is 9. The van der Waals surface area contributed by atoms with Crippen LogP contribution in [0.25, 0.3) is 0 Å². The first-order chi connectivity index (χ1) is 36.6. The molecule has 2 saturated heterocycles. The Labute approximate surface area is 462 Å². The average Bonchev–Trinajstić information content (AvgIpc) is 3.91. The Morgan fingerprint density at radius 2 is 1.03 bits per heavy atom. The molecule has 4 rings (SSSR count). The predicted octanol–water partition coefficient (Wildman–Crippen LogP) is 4.36. The molecule has 0 saturated carbocycles. The molecule has 2 fully saturated rings. The minimum absolute atomic E-state index is 0.0688. The fraction of sp³-hybridized carbons (Fsp3) is 0.644. The molecule has 11 atom stereocenters. The van der Waals surface area contributed by atoms with Crippen LogP contribution in [0.2, 0.25) is 0 Å². The van der Waals surface area contributed by atoms with E-state index in [4.69, 9.17) is 4.74 Å². The van der Waals surface area contributed by atoms with Crippen molar-refractivity contribution in [3.05, 3.63) is 71.8 Å². The first-order valence-electron chi connectivity index (χ1n) is 27.8. The summed E-state index contributed by atoms with van der Waals surface area (Å²) < 4.78 is 6.08. The van der Waals surface area contributed by atoms with Crippen LogP contribution in [-0.4, -0.2) is 172 Å². The molecule has 1 unspecified atom stereocenters. The van der Waals surface area contributed by atoms with Crippen molar-refractivity contribution in [2.75, 3.05) is 34.7 Å². The van der Waals surface area contributed by atoms with Crippen LogP contribution in [0.1, 0.15) is 126 Å². The van der Waals surface area contributed by atoms with E-state index in [0.717, 1.165) is 4.90 Å². The Bertz CT molecular complexity index is 2400. The lowest BCUT2D eigenvalue weighted by Gasteiger charge is -2.38. The fourth-order valence-corrected chi connectivity index (χ4v) is 10.9. The highest BCUT2D eigenvalue weighted by atomic mass is 16.6. The normalized spacial score (nSPS) is 26.6. The van der Waals surface area contributed by atoms with Crippen LogP contribution in [0.3, 0.4) is 0 Å². The number of aliphatic hydroxyl groups excluding tert-OH is 1. The molecule has 19 heteroatoms. The van der Waals surface area contributed by atoms with E-state index in [1.165, 1.54) is 47.8 Å². The third-order valence-corrected chi connectivity index (χ3v) is 15.4. The molecule has 0 aliphatic carbocycles. The van der Waals surface area contributed by atoms with Crippen molar-refractivity contribution in [1.29, 1.82) is 0 Å². The zero-order valence-electron chi connectivity index (χ0n) is 49.0. The molecule has 0 spiro atoms. The summed E-state index contributed by atoms with van der Waals surface area (Å²) in [7, 11) is 5.67. The topological polar surface area (TPSA) is 235 Å². The van der Waals surface area contributed by atoms with Crippen molar-refractivity contribution in [3.8, 4) is 0 Å². The Kier molecular flexibility index (Phi) is 23.4. The van der Waals surface area contributed by atoms with Crippen LogP contribution >= 0.6 is 0 Å². The highest BCUT2D eigenvalue weighted by Crippen LogP contribution is 2.29. The van der Waals surface area contributed by atoms with Crippen molar-refractivity contribution in [2.45, 2.75) is 176 Å². The van der Waals surface area contributed by atoms with E-state index in [-0.39, 0.29) is 31.7 Å². The van der Waals surface area contributed by atoms with Gasteiger partial charge in [0, 0.05) is 41.2 Å². The Balaban J connectivity index is 1.97.